The molecule has 0 aliphatic carbocycles. The number of hydrogen-bond donors (Lipinski definition) is 1. The van der Waals surface area contributed by atoms with Gasteiger partial charge in [0.2, 0.25) is 5.91 Å². The fourth-order valence-corrected chi connectivity index (χ4v) is 3.24. The highest BCUT2D eigenvalue weighted by atomic mass is 35.5. The number of carbonyl (C=O) groups is 2. The summed E-state index contributed by atoms with van der Waals surface area (Å²) in [6.07, 6.45) is 1.76. The Morgan fingerprint density at radius 1 is 0.967 bits per heavy atom. The Balaban J connectivity index is 1.62. The van der Waals surface area contributed by atoms with Crippen molar-refractivity contribution in [3.63, 3.8) is 0 Å². The number of anilines is 1. The number of halogens is 1. The van der Waals surface area contributed by atoms with Crippen LogP contribution in [0.15, 0.2) is 65.6 Å². The maximum Gasteiger partial charge on any atom is 0.250 e. The van der Waals surface area contributed by atoms with Gasteiger partial charge in [0, 0.05) is 35.7 Å². The minimum Gasteiger partial charge on any atom is -0.325 e. The zero-order valence-electron chi connectivity index (χ0n) is 16.9. The number of aromatic nitrogens is 1. The molecule has 1 aromatic heterocycles. The van der Waals surface area contributed by atoms with Gasteiger partial charge in [0.15, 0.2) is 5.78 Å². The first-order valence-electron chi connectivity index (χ1n) is 9.67. The Kier molecular flexibility index (Phi) is 6.85. The maximum absolute atomic E-state index is 12.4. The Labute approximate surface area is 180 Å². The van der Waals surface area contributed by atoms with Gasteiger partial charge in [-0.1, -0.05) is 41.9 Å². The van der Waals surface area contributed by atoms with Crippen LogP contribution in [0.1, 0.15) is 39.9 Å². The second-order valence-electron chi connectivity index (χ2n) is 7.25. The lowest BCUT2D eigenvalue weighted by Crippen LogP contribution is -2.21. The third kappa shape index (κ3) is 5.45. The first-order valence-corrected chi connectivity index (χ1v) is 10.1. The molecular weight excluding hydrogens is 400 g/mol. The van der Waals surface area contributed by atoms with Crippen LogP contribution in [0.5, 0.6) is 0 Å². The van der Waals surface area contributed by atoms with Crippen LogP contribution in [0, 0.1) is 13.8 Å². The van der Waals surface area contributed by atoms with E-state index in [0.717, 1.165) is 16.7 Å². The number of pyridine rings is 1. The van der Waals surface area contributed by atoms with Crippen molar-refractivity contribution in [3.8, 4) is 0 Å². The van der Waals surface area contributed by atoms with Gasteiger partial charge < -0.3 is 9.88 Å². The molecule has 0 atom stereocenters. The van der Waals surface area contributed by atoms with Gasteiger partial charge in [-0.25, -0.2) is 0 Å². The van der Waals surface area contributed by atoms with Gasteiger partial charge in [0.1, 0.15) is 0 Å². The number of hydrogen-bond acceptors (Lipinski definition) is 3. The van der Waals surface area contributed by atoms with Crippen LogP contribution in [0.4, 0.5) is 5.69 Å². The molecule has 0 radical (unpaired) electrons. The second-order valence-corrected chi connectivity index (χ2v) is 7.65. The van der Waals surface area contributed by atoms with Crippen molar-refractivity contribution in [3.05, 3.63) is 98.4 Å². The summed E-state index contributed by atoms with van der Waals surface area (Å²) < 4.78 is 1.48. The van der Waals surface area contributed by atoms with E-state index in [2.05, 4.69) is 5.32 Å². The molecular formula is C24H23ClN2O3. The monoisotopic (exact) mass is 422 g/mol. The minimum absolute atomic E-state index is 0.0649. The number of carbonyl (C=O) groups excluding carboxylic acids is 2. The van der Waals surface area contributed by atoms with Crippen LogP contribution < -0.4 is 10.9 Å². The van der Waals surface area contributed by atoms with E-state index >= 15 is 0 Å². The molecule has 0 bridgehead atoms. The molecule has 154 valence electrons. The lowest BCUT2D eigenvalue weighted by molar-refractivity contribution is -0.116. The van der Waals surface area contributed by atoms with E-state index in [4.69, 9.17) is 11.6 Å². The predicted octanol–water partition coefficient (Wildman–Crippen LogP) is 4.77. The van der Waals surface area contributed by atoms with Gasteiger partial charge >= 0.3 is 0 Å². The summed E-state index contributed by atoms with van der Waals surface area (Å²) in [5.74, 6) is -0.355. The Hall–Kier alpha value is -3.18. The molecule has 0 spiro atoms. The molecule has 0 saturated heterocycles. The van der Waals surface area contributed by atoms with Gasteiger partial charge in [-0.3, -0.25) is 14.4 Å². The molecule has 5 nitrogen and oxygen atoms in total. The zero-order valence-corrected chi connectivity index (χ0v) is 17.7. The fourth-order valence-electron chi connectivity index (χ4n) is 3.05. The smallest absolute Gasteiger partial charge is 0.250 e. The Morgan fingerprint density at radius 3 is 2.47 bits per heavy atom. The van der Waals surface area contributed by atoms with E-state index in [1.165, 1.54) is 10.6 Å². The van der Waals surface area contributed by atoms with Crippen LogP contribution in [-0.2, 0) is 11.3 Å². The highest BCUT2D eigenvalue weighted by Gasteiger charge is 2.11. The molecule has 0 fully saturated rings. The number of rotatable bonds is 7. The van der Waals surface area contributed by atoms with E-state index in [0.29, 0.717) is 22.8 Å². The minimum atomic E-state index is -0.282. The van der Waals surface area contributed by atoms with Crippen molar-refractivity contribution in [2.24, 2.45) is 0 Å². The van der Waals surface area contributed by atoms with E-state index < -0.39 is 0 Å². The lowest BCUT2D eigenvalue weighted by atomic mass is 10.0. The molecule has 1 heterocycles. The number of nitrogens with one attached hydrogen (secondary N) is 1. The largest absolute Gasteiger partial charge is 0.325 e. The number of aryl methyl sites for hydroxylation is 2. The average molecular weight is 423 g/mol. The van der Waals surface area contributed by atoms with Crippen molar-refractivity contribution in [2.75, 3.05) is 5.32 Å². The second kappa shape index (κ2) is 9.55. The average Bonchev–Trinajstić information content (AvgIpc) is 2.72. The number of ketones is 1. The van der Waals surface area contributed by atoms with Crippen LogP contribution in [0.2, 0.25) is 5.02 Å². The van der Waals surface area contributed by atoms with Gasteiger partial charge in [-0.15, -0.1) is 0 Å². The summed E-state index contributed by atoms with van der Waals surface area (Å²) >= 11 is 6.17. The molecule has 0 aliphatic heterocycles. The molecule has 3 rings (SSSR count). The quantitative estimate of drug-likeness (QED) is 0.558. The SMILES string of the molecule is Cc1ccc(C(=O)CCC(=O)Nc2ccc(=O)n(Cc3ccccc3Cl)c2)cc1C. The molecule has 3 aromatic rings. The predicted molar refractivity (Wildman–Crippen MR) is 119 cm³/mol. The molecule has 6 heteroatoms. The molecule has 0 unspecified atom stereocenters. The normalized spacial score (nSPS) is 10.6. The standard InChI is InChI=1S/C24H23ClN2O3/c1-16-7-8-18(13-17(16)2)22(28)10-11-23(29)26-20-9-12-24(30)27(15-20)14-19-5-3-4-6-21(19)25/h3-9,12-13,15H,10-11,14H2,1-2H3,(H,26,29). The molecule has 2 aromatic carbocycles. The maximum atomic E-state index is 12.4. The molecule has 30 heavy (non-hydrogen) atoms. The van der Waals surface area contributed by atoms with Gasteiger partial charge in [-0.2, -0.15) is 0 Å². The molecule has 0 aliphatic rings. The summed E-state index contributed by atoms with van der Waals surface area (Å²) in [4.78, 5) is 36.8. The number of amides is 1. The Bertz CT molecular complexity index is 1150. The van der Waals surface area contributed by atoms with Crippen LogP contribution >= 0.6 is 11.6 Å². The third-order valence-electron chi connectivity index (χ3n) is 4.97. The third-order valence-corrected chi connectivity index (χ3v) is 5.34. The van der Waals surface area contributed by atoms with Crippen LogP contribution in [-0.4, -0.2) is 16.3 Å². The zero-order chi connectivity index (χ0) is 21.7. The van der Waals surface area contributed by atoms with Crippen LogP contribution in [0.3, 0.4) is 0 Å². The summed E-state index contributed by atoms with van der Waals surface area (Å²) in [6, 6.07) is 15.8. The first-order chi connectivity index (χ1) is 14.3. The fraction of sp³-hybridized carbons (Fsp3) is 0.208. The summed E-state index contributed by atoms with van der Waals surface area (Å²) in [7, 11) is 0. The number of nitrogens with zero attached hydrogens (tertiary/aromatic N) is 1. The van der Waals surface area contributed by atoms with Crippen molar-refractivity contribution in [1.82, 2.24) is 4.57 Å². The van der Waals surface area contributed by atoms with E-state index in [-0.39, 0.29) is 30.1 Å². The summed E-state index contributed by atoms with van der Waals surface area (Å²) in [5, 5.41) is 3.33. The number of benzene rings is 2. The van der Waals surface area contributed by atoms with Gasteiger partial charge in [0.25, 0.3) is 5.56 Å². The summed E-state index contributed by atoms with van der Waals surface area (Å²) in [5.41, 5.74) is 3.88. The van der Waals surface area contributed by atoms with E-state index in [1.807, 2.05) is 44.2 Å². The van der Waals surface area contributed by atoms with Crippen molar-refractivity contribution in [1.29, 1.82) is 0 Å². The van der Waals surface area contributed by atoms with Gasteiger partial charge in [-0.05, 0) is 48.7 Å². The molecule has 1 N–H and O–H groups in total. The summed E-state index contributed by atoms with van der Waals surface area (Å²) in [6.45, 7) is 4.24. The number of Topliss-reactive ketones (excluding diaryl/α,β-unsaturated/α-hetero) is 1. The molecule has 0 saturated carbocycles. The van der Waals surface area contributed by atoms with E-state index in [1.54, 1.807) is 24.4 Å². The van der Waals surface area contributed by atoms with Crippen molar-refractivity contribution < 1.29 is 9.59 Å². The molecule has 1 amide bonds. The highest BCUT2D eigenvalue weighted by molar-refractivity contribution is 6.31. The van der Waals surface area contributed by atoms with Crippen LogP contribution in [0.25, 0.3) is 0 Å². The van der Waals surface area contributed by atoms with E-state index in [9.17, 15) is 14.4 Å². The van der Waals surface area contributed by atoms with Crippen molar-refractivity contribution >= 4 is 29.0 Å². The van der Waals surface area contributed by atoms with Crippen molar-refractivity contribution in [2.45, 2.75) is 33.2 Å². The first kappa shape index (κ1) is 21.5. The lowest BCUT2D eigenvalue weighted by Gasteiger charge is -2.11. The highest BCUT2D eigenvalue weighted by Crippen LogP contribution is 2.17. The topological polar surface area (TPSA) is 68.2 Å². The Morgan fingerprint density at radius 2 is 1.73 bits per heavy atom. The van der Waals surface area contributed by atoms with Gasteiger partial charge in [0.05, 0.1) is 12.2 Å².